The maximum absolute atomic E-state index is 5.62. The van der Waals surface area contributed by atoms with Crippen LogP contribution in [0.15, 0.2) is 11.6 Å². The lowest BCUT2D eigenvalue weighted by atomic mass is 10.2. The molecule has 0 unspecified atom stereocenters. The zero-order valence-electron chi connectivity index (χ0n) is 10.8. The number of nitrogen functional groups attached to an aromatic ring is 1. The van der Waals surface area contributed by atoms with Crippen molar-refractivity contribution in [3.63, 3.8) is 0 Å². The standard InChI is InChI=1S/C12H17N5S/c1-4-9-5-14-12(13)17-11(9)15-7(2)10-6-18-8(3)16-10/h5-7H,4H2,1-3H3,(H3,13,14,15,17)/t7-/m0/s1. The third-order valence-electron chi connectivity index (χ3n) is 2.70. The van der Waals surface area contributed by atoms with Crippen molar-refractivity contribution >= 4 is 23.1 Å². The molecule has 5 nitrogen and oxygen atoms in total. The summed E-state index contributed by atoms with van der Waals surface area (Å²) in [5.41, 5.74) is 7.71. The Morgan fingerprint density at radius 1 is 1.44 bits per heavy atom. The van der Waals surface area contributed by atoms with Crippen LogP contribution in [-0.4, -0.2) is 15.0 Å². The average molecular weight is 263 g/mol. The molecule has 0 aliphatic heterocycles. The number of nitrogens with one attached hydrogen (secondary N) is 1. The van der Waals surface area contributed by atoms with Gasteiger partial charge in [-0.2, -0.15) is 4.98 Å². The van der Waals surface area contributed by atoms with Crippen LogP contribution in [0.2, 0.25) is 0 Å². The fourth-order valence-electron chi connectivity index (χ4n) is 1.66. The second-order valence-corrected chi connectivity index (χ2v) is 5.18. The maximum Gasteiger partial charge on any atom is 0.221 e. The molecule has 0 aromatic carbocycles. The van der Waals surface area contributed by atoms with Gasteiger partial charge in [0.2, 0.25) is 5.95 Å². The number of rotatable bonds is 4. The fraction of sp³-hybridized carbons (Fsp3) is 0.417. The molecule has 0 amide bonds. The van der Waals surface area contributed by atoms with Gasteiger partial charge in [-0.3, -0.25) is 0 Å². The van der Waals surface area contributed by atoms with Crippen LogP contribution in [-0.2, 0) is 6.42 Å². The van der Waals surface area contributed by atoms with Crippen LogP contribution in [0.3, 0.4) is 0 Å². The molecule has 0 aliphatic rings. The molecular formula is C12H17N5S. The molecule has 18 heavy (non-hydrogen) atoms. The largest absolute Gasteiger partial charge is 0.368 e. The van der Waals surface area contributed by atoms with E-state index in [2.05, 4.69) is 39.5 Å². The summed E-state index contributed by atoms with van der Waals surface area (Å²) in [5.74, 6) is 1.08. The summed E-state index contributed by atoms with van der Waals surface area (Å²) in [5, 5.41) is 6.47. The van der Waals surface area contributed by atoms with Crippen molar-refractivity contribution in [3.8, 4) is 0 Å². The predicted octanol–water partition coefficient (Wildman–Crippen LogP) is 2.56. The van der Waals surface area contributed by atoms with Crippen molar-refractivity contribution in [1.82, 2.24) is 15.0 Å². The lowest BCUT2D eigenvalue weighted by Gasteiger charge is -2.15. The second-order valence-electron chi connectivity index (χ2n) is 4.11. The first-order valence-corrected chi connectivity index (χ1v) is 6.78. The van der Waals surface area contributed by atoms with E-state index >= 15 is 0 Å². The van der Waals surface area contributed by atoms with Crippen molar-refractivity contribution in [2.45, 2.75) is 33.2 Å². The minimum Gasteiger partial charge on any atom is -0.368 e. The van der Waals surface area contributed by atoms with Crippen LogP contribution < -0.4 is 11.1 Å². The van der Waals surface area contributed by atoms with Gasteiger partial charge in [0, 0.05) is 17.1 Å². The number of hydrogen-bond donors (Lipinski definition) is 2. The molecule has 0 saturated carbocycles. The van der Waals surface area contributed by atoms with Gasteiger partial charge in [0.15, 0.2) is 0 Å². The molecule has 3 N–H and O–H groups in total. The molecule has 2 heterocycles. The maximum atomic E-state index is 5.62. The third-order valence-corrected chi connectivity index (χ3v) is 3.49. The molecule has 2 aromatic rings. The van der Waals surface area contributed by atoms with E-state index in [0.717, 1.165) is 28.5 Å². The molecule has 2 rings (SSSR count). The molecule has 2 aromatic heterocycles. The van der Waals surface area contributed by atoms with Gasteiger partial charge in [0.1, 0.15) is 5.82 Å². The van der Waals surface area contributed by atoms with Gasteiger partial charge >= 0.3 is 0 Å². The van der Waals surface area contributed by atoms with Crippen molar-refractivity contribution in [2.24, 2.45) is 0 Å². The van der Waals surface area contributed by atoms with E-state index in [0.29, 0.717) is 0 Å². The molecule has 0 saturated heterocycles. The topological polar surface area (TPSA) is 76.7 Å². The molecular weight excluding hydrogens is 246 g/mol. The quantitative estimate of drug-likeness (QED) is 0.886. The number of aromatic nitrogens is 3. The Kier molecular flexibility index (Phi) is 3.76. The van der Waals surface area contributed by atoms with Crippen LogP contribution in [0.1, 0.15) is 36.2 Å². The van der Waals surface area contributed by atoms with Crippen LogP contribution in [0.4, 0.5) is 11.8 Å². The Morgan fingerprint density at radius 2 is 2.22 bits per heavy atom. The zero-order valence-corrected chi connectivity index (χ0v) is 11.6. The van der Waals surface area contributed by atoms with E-state index < -0.39 is 0 Å². The number of nitrogens with zero attached hydrogens (tertiary/aromatic N) is 3. The molecule has 0 spiro atoms. The Labute approximate surface area is 111 Å². The molecule has 6 heteroatoms. The number of hydrogen-bond acceptors (Lipinski definition) is 6. The highest BCUT2D eigenvalue weighted by molar-refractivity contribution is 7.09. The summed E-state index contributed by atoms with van der Waals surface area (Å²) in [7, 11) is 0. The predicted molar refractivity (Wildman–Crippen MR) is 74.7 cm³/mol. The zero-order chi connectivity index (χ0) is 13.1. The molecule has 0 fully saturated rings. The number of anilines is 2. The summed E-state index contributed by atoms with van der Waals surface area (Å²) in [4.78, 5) is 12.7. The summed E-state index contributed by atoms with van der Waals surface area (Å²) >= 11 is 1.65. The lowest BCUT2D eigenvalue weighted by molar-refractivity contribution is 0.830. The average Bonchev–Trinajstić information content (AvgIpc) is 2.76. The van der Waals surface area contributed by atoms with E-state index in [1.807, 2.05) is 6.92 Å². The SMILES string of the molecule is CCc1cnc(N)nc1N[C@@H](C)c1csc(C)n1. The highest BCUT2D eigenvalue weighted by Crippen LogP contribution is 2.22. The minimum absolute atomic E-state index is 0.106. The van der Waals surface area contributed by atoms with E-state index in [1.165, 1.54) is 0 Å². The molecule has 0 aliphatic carbocycles. The van der Waals surface area contributed by atoms with Crippen molar-refractivity contribution in [1.29, 1.82) is 0 Å². The van der Waals surface area contributed by atoms with Crippen LogP contribution in [0, 0.1) is 6.92 Å². The number of nitrogens with two attached hydrogens (primary N) is 1. The fourth-order valence-corrected chi connectivity index (χ4v) is 2.37. The lowest BCUT2D eigenvalue weighted by Crippen LogP contribution is -2.12. The third kappa shape index (κ3) is 2.76. The van der Waals surface area contributed by atoms with Gasteiger partial charge in [-0.25, -0.2) is 9.97 Å². The van der Waals surface area contributed by atoms with Gasteiger partial charge in [0.25, 0.3) is 0 Å². The molecule has 0 radical (unpaired) electrons. The second kappa shape index (κ2) is 5.30. The summed E-state index contributed by atoms with van der Waals surface area (Å²) in [6.45, 7) is 6.13. The monoisotopic (exact) mass is 263 g/mol. The minimum atomic E-state index is 0.106. The Bertz CT molecular complexity index is 537. The number of aryl methyl sites for hydroxylation is 2. The van der Waals surface area contributed by atoms with Crippen molar-refractivity contribution in [2.75, 3.05) is 11.1 Å². The van der Waals surface area contributed by atoms with Gasteiger partial charge in [-0.05, 0) is 20.3 Å². The van der Waals surface area contributed by atoms with Gasteiger partial charge < -0.3 is 11.1 Å². The van der Waals surface area contributed by atoms with E-state index in [1.54, 1.807) is 17.5 Å². The van der Waals surface area contributed by atoms with E-state index in [9.17, 15) is 0 Å². The normalized spacial score (nSPS) is 12.4. The van der Waals surface area contributed by atoms with Gasteiger partial charge in [-0.1, -0.05) is 6.92 Å². The summed E-state index contributed by atoms with van der Waals surface area (Å²) < 4.78 is 0. The van der Waals surface area contributed by atoms with Gasteiger partial charge in [-0.15, -0.1) is 11.3 Å². The van der Waals surface area contributed by atoms with Gasteiger partial charge in [0.05, 0.1) is 16.7 Å². The van der Waals surface area contributed by atoms with Crippen LogP contribution >= 0.6 is 11.3 Å². The first-order chi connectivity index (χ1) is 8.60. The Morgan fingerprint density at radius 3 is 2.83 bits per heavy atom. The molecule has 0 bridgehead atoms. The van der Waals surface area contributed by atoms with E-state index in [4.69, 9.17) is 5.73 Å². The molecule has 1 atom stereocenters. The highest BCUT2D eigenvalue weighted by Gasteiger charge is 2.12. The Balaban J connectivity index is 2.20. The van der Waals surface area contributed by atoms with E-state index in [-0.39, 0.29) is 12.0 Å². The van der Waals surface area contributed by atoms with Crippen molar-refractivity contribution in [3.05, 3.63) is 27.8 Å². The first kappa shape index (κ1) is 12.8. The summed E-state index contributed by atoms with van der Waals surface area (Å²) in [6.07, 6.45) is 2.63. The Hall–Kier alpha value is -1.69. The smallest absolute Gasteiger partial charge is 0.221 e. The van der Waals surface area contributed by atoms with Crippen LogP contribution in [0.25, 0.3) is 0 Å². The summed E-state index contributed by atoms with van der Waals surface area (Å²) in [6, 6.07) is 0.106. The first-order valence-electron chi connectivity index (χ1n) is 5.90. The highest BCUT2D eigenvalue weighted by atomic mass is 32.1. The number of thiazole rings is 1. The molecule has 96 valence electrons. The van der Waals surface area contributed by atoms with Crippen molar-refractivity contribution < 1.29 is 0 Å². The van der Waals surface area contributed by atoms with Crippen LogP contribution in [0.5, 0.6) is 0 Å².